The zero-order valence-electron chi connectivity index (χ0n) is 11.7. The predicted octanol–water partition coefficient (Wildman–Crippen LogP) is 2.38. The number of carboxylic acid groups (broad SMARTS) is 1. The van der Waals surface area contributed by atoms with Crippen LogP contribution in [0.3, 0.4) is 0 Å². The number of hydrogen-bond acceptors (Lipinski definition) is 2. The zero-order valence-corrected chi connectivity index (χ0v) is 11.7. The molecule has 1 aliphatic rings. The van der Waals surface area contributed by atoms with Crippen molar-refractivity contribution in [2.75, 3.05) is 13.1 Å². The van der Waals surface area contributed by atoms with E-state index in [1.807, 2.05) is 25.7 Å². The van der Waals surface area contributed by atoms with Crippen LogP contribution in [0.15, 0.2) is 0 Å². The number of hydrogen-bond donors (Lipinski definition) is 1. The van der Waals surface area contributed by atoms with Crippen molar-refractivity contribution < 1.29 is 14.7 Å². The Balaban J connectivity index is 2.50. The number of nitrogens with zero attached hydrogens (tertiary/aromatic N) is 1. The van der Waals surface area contributed by atoms with E-state index in [0.717, 1.165) is 25.9 Å². The van der Waals surface area contributed by atoms with E-state index in [0.29, 0.717) is 18.3 Å². The minimum atomic E-state index is -0.742. The highest BCUT2D eigenvalue weighted by Crippen LogP contribution is 2.26. The molecule has 1 aliphatic heterocycles. The van der Waals surface area contributed by atoms with Crippen molar-refractivity contribution in [3.8, 4) is 0 Å². The summed E-state index contributed by atoms with van der Waals surface area (Å²) in [5.41, 5.74) is 0. The fourth-order valence-corrected chi connectivity index (χ4v) is 2.62. The number of carbonyl (C=O) groups is 2. The number of piperidine rings is 1. The number of likely N-dealkylation sites (tertiary alicyclic amines) is 1. The summed E-state index contributed by atoms with van der Waals surface area (Å²) < 4.78 is 0. The van der Waals surface area contributed by atoms with E-state index < -0.39 is 5.97 Å². The third-order valence-corrected chi connectivity index (χ3v) is 3.69. The molecule has 0 spiro atoms. The van der Waals surface area contributed by atoms with Gasteiger partial charge in [-0.2, -0.15) is 0 Å². The van der Waals surface area contributed by atoms with Gasteiger partial charge in [-0.25, -0.2) is 0 Å². The summed E-state index contributed by atoms with van der Waals surface area (Å²) in [5, 5.41) is 8.83. The highest BCUT2D eigenvalue weighted by Gasteiger charge is 2.28. The third-order valence-electron chi connectivity index (χ3n) is 3.69. The first-order valence-electron chi connectivity index (χ1n) is 6.89. The van der Waals surface area contributed by atoms with Gasteiger partial charge in [0.15, 0.2) is 0 Å². The van der Waals surface area contributed by atoms with Crippen LogP contribution in [0.2, 0.25) is 0 Å². The Kier molecular flexibility index (Phi) is 5.63. The van der Waals surface area contributed by atoms with Crippen molar-refractivity contribution in [1.29, 1.82) is 0 Å². The molecule has 1 heterocycles. The molecule has 0 aromatic heterocycles. The van der Waals surface area contributed by atoms with Gasteiger partial charge in [0, 0.05) is 25.9 Å². The lowest BCUT2D eigenvalue weighted by Crippen LogP contribution is -2.42. The molecule has 104 valence electrons. The Hall–Kier alpha value is -1.06. The van der Waals surface area contributed by atoms with Gasteiger partial charge in [-0.15, -0.1) is 0 Å². The van der Waals surface area contributed by atoms with Crippen LogP contribution in [0, 0.1) is 17.8 Å². The molecule has 1 rings (SSSR count). The molecule has 1 saturated heterocycles. The molecule has 1 N–H and O–H groups in total. The minimum Gasteiger partial charge on any atom is -0.481 e. The number of aliphatic carboxylic acids is 1. The molecule has 2 atom stereocenters. The van der Waals surface area contributed by atoms with Crippen LogP contribution in [0.1, 0.15) is 46.5 Å². The Morgan fingerprint density at radius 1 is 1.28 bits per heavy atom. The van der Waals surface area contributed by atoms with Crippen LogP contribution >= 0.6 is 0 Å². The van der Waals surface area contributed by atoms with Gasteiger partial charge >= 0.3 is 5.97 Å². The molecular weight excluding hydrogens is 230 g/mol. The summed E-state index contributed by atoms with van der Waals surface area (Å²) >= 11 is 0. The lowest BCUT2D eigenvalue weighted by molar-refractivity contribution is -0.138. The summed E-state index contributed by atoms with van der Waals surface area (Å²) in [7, 11) is 0. The summed E-state index contributed by atoms with van der Waals surface area (Å²) in [6.45, 7) is 7.65. The average molecular weight is 255 g/mol. The summed E-state index contributed by atoms with van der Waals surface area (Å²) in [6, 6.07) is 0. The molecule has 0 bridgehead atoms. The highest BCUT2D eigenvalue weighted by atomic mass is 16.4. The van der Waals surface area contributed by atoms with Crippen molar-refractivity contribution in [2.24, 2.45) is 17.8 Å². The molecule has 2 unspecified atom stereocenters. The fraction of sp³-hybridized carbons (Fsp3) is 0.857. The molecule has 1 amide bonds. The van der Waals surface area contributed by atoms with Gasteiger partial charge in [-0.3, -0.25) is 9.59 Å². The van der Waals surface area contributed by atoms with E-state index >= 15 is 0 Å². The quantitative estimate of drug-likeness (QED) is 0.820. The minimum absolute atomic E-state index is 0.150. The molecule has 1 fully saturated rings. The van der Waals surface area contributed by atoms with Crippen molar-refractivity contribution in [1.82, 2.24) is 4.90 Å². The molecule has 4 nitrogen and oxygen atoms in total. The summed E-state index contributed by atoms with van der Waals surface area (Å²) in [6.07, 6.45) is 2.84. The van der Waals surface area contributed by atoms with E-state index in [1.54, 1.807) is 0 Å². The van der Waals surface area contributed by atoms with Gasteiger partial charge in [-0.05, 0) is 30.6 Å². The fourth-order valence-electron chi connectivity index (χ4n) is 2.62. The smallest absolute Gasteiger partial charge is 0.303 e. The first-order chi connectivity index (χ1) is 8.40. The largest absolute Gasteiger partial charge is 0.481 e. The SMILES string of the molecule is CC(C)CC(=O)N1CCCC(C(C)CC(=O)O)C1. The Morgan fingerprint density at radius 2 is 1.94 bits per heavy atom. The van der Waals surface area contributed by atoms with Crippen molar-refractivity contribution in [3.05, 3.63) is 0 Å². The van der Waals surface area contributed by atoms with Gasteiger partial charge in [0.2, 0.25) is 5.91 Å². The maximum absolute atomic E-state index is 12.0. The summed E-state index contributed by atoms with van der Waals surface area (Å²) in [4.78, 5) is 24.7. The highest BCUT2D eigenvalue weighted by molar-refractivity contribution is 5.76. The first kappa shape index (κ1) is 15.0. The second-order valence-electron chi connectivity index (χ2n) is 5.92. The number of carboxylic acids is 1. The number of carbonyl (C=O) groups excluding carboxylic acids is 1. The third kappa shape index (κ3) is 4.67. The van der Waals surface area contributed by atoms with Crippen LogP contribution < -0.4 is 0 Å². The van der Waals surface area contributed by atoms with E-state index in [9.17, 15) is 9.59 Å². The molecule has 0 aromatic rings. The normalized spacial score (nSPS) is 22.0. The van der Waals surface area contributed by atoms with Crippen LogP contribution in [-0.2, 0) is 9.59 Å². The van der Waals surface area contributed by atoms with E-state index in [4.69, 9.17) is 5.11 Å². The van der Waals surface area contributed by atoms with Crippen LogP contribution in [0.4, 0.5) is 0 Å². The van der Waals surface area contributed by atoms with Gasteiger partial charge < -0.3 is 10.0 Å². The van der Waals surface area contributed by atoms with Crippen LogP contribution in [0.25, 0.3) is 0 Å². The lowest BCUT2D eigenvalue weighted by atomic mass is 9.84. The Labute approximate surface area is 109 Å². The maximum Gasteiger partial charge on any atom is 0.303 e. The standard InChI is InChI=1S/C14H25NO3/c1-10(2)7-13(16)15-6-4-5-12(9-15)11(3)8-14(17)18/h10-12H,4-9H2,1-3H3,(H,17,18). The maximum atomic E-state index is 12.0. The zero-order chi connectivity index (χ0) is 13.7. The van der Waals surface area contributed by atoms with Crippen LogP contribution in [0.5, 0.6) is 0 Å². The monoisotopic (exact) mass is 255 g/mol. The second-order valence-corrected chi connectivity index (χ2v) is 5.92. The number of rotatable bonds is 5. The Morgan fingerprint density at radius 3 is 2.50 bits per heavy atom. The number of amides is 1. The van der Waals surface area contributed by atoms with Gasteiger partial charge in [0.25, 0.3) is 0 Å². The summed E-state index contributed by atoms with van der Waals surface area (Å²) in [5.74, 6) is 0.350. The topological polar surface area (TPSA) is 57.6 Å². The first-order valence-corrected chi connectivity index (χ1v) is 6.89. The van der Waals surface area contributed by atoms with Gasteiger partial charge in [-0.1, -0.05) is 20.8 Å². The van der Waals surface area contributed by atoms with Crippen LogP contribution in [-0.4, -0.2) is 35.0 Å². The Bertz CT molecular complexity index is 301. The van der Waals surface area contributed by atoms with E-state index in [2.05, 4.69) is 0 Å². The molecule has 0 aromatic carbocycles. The van der Waals surface area contributed by atoms with Crippen molar-refractivity contribution >= 4 is 11.9 Å². The molecule has 0 aliphatic carbocycles. The van der Waals surface area contributed by atoms with E-state index in [-0.39, 0.29) is 18.2 Å². The molecule has 4 heteroatoms. The molecule has 18 heavy (non-hydrogen) atoms. The molecule has 0 radical (unpaired) electrons. The van der Waals surface area contributed by atoms with Gasteiger partial charge in [0.1, 0.15) is 0 Å². The van der Waals surface area contributed by atoms with E-state index in [1.165, 1.54) is 0 Å². The second kappa shape index (κ2) is 6.76. The molecule has 0 saturated carbocycles. The molecular formula is C14H25NO3. The van der Waals surface area contributed by atoms with Crippen molar-refractivity contribution in [2.45, 2.75) is 46.5 Å². The van der Waals surface area contributed by atoms with Gasteiger partial charge in [0.05, 0.1) is 0 Å². The predicted molar refractivity (Wildman–Crippen MR) is 70.2 cm³/mol. The van der Waals surface area contributed by atoms with Crippen molar-refractivity contribution in [3.63, 3.8) is 0 Å². The lowest BCUT2D eigenvalue weighted by Gasteiger charge is -2.35. The average Bonchev–Trinajstić information content (AvgIpc) is 2.27.